The Morgan fingerprint density at radius 3 is 2.71 bits per heavy atom. The van der Waals surface area contributed by atoms with Gasteiger partial charge in [0.2, 0.25) is 22.7 Å². The molecule has 0 spiro atoms. The van der Waals surface area contributed by atoms with Crippen molar-refractivity contribution in [3.05, 3.63) is 47.5 Å². The van der Waals surface area contributed by atoms with Crippen LogP contribution in [0.1, 0.15) is 0 Å². The fourth-order valence-electron chi connectivity index (χ4n) is 2.54. The van der Waals surface area contributed by atoms with Crippen LogP contribution >= 0.6 is 11.6 Å². The molecule has 0 aliphatic carbocycles. The van der Waals surface area contributed by atoms with Crippen LogP contribution < -0.4 is 23.8 Å². The number of benzene rings is 2. The average molecular weight is 427 g/mol. The summed E-state index contributed by atoms with van der Waals surface area (Å²) in [6.07, 6.45) is 1.03. The normalized spacial score (nSPS) is 12.5. The quantitative estimate of drug-likeness (QED) is 0.649. The summed E-state index contributed by atoms with van der Waals surface area (Å²) >= 11 is 5.99. The third-order valence-corrected chi connectivity index (χ3v) is 5.30. The summed E-state index contributed by atoms with van der Waals surface area (Å²) in [7, 11) is -3.68. The molecule has 0 radical (unpaired) electrons. The Balaban J connectivity index is 1.57. The summed E-state index contributed by atoms with van der Waals surface area (Å²) < 4.78 is 41.3. The molecule has 1 heterocycles. The van der Waals surface area contributed by atoms with Gasteiger partial charge in [0.25, 0.3) is 0 Å². The molecule has 10 heteroatoms. The lowest BCUT2D eigenvalue weighted by atomic mass is 10.3. The maximum absolute atomic E-state index is 12.2. The summed E-state index contributed by atoms with van der Waals surface area (Å²) in [5, 5.41) is 3.10. The second-order valence-corrected chi connectivity index (χ2v) is 8.25. The molecular weight excluding hydrogens is 408 g/mol. The van der Waals surface area contributed by atoms with E-state index in [4.69, 9.17) is 25.8 Å². The van der Waals surface area contributed by atoms with Crippen LogP contribution in [0.5, 0.6) is 17.2 Å². The molecule has 0 bridgehead atoms. The molecule has 2 aromatic rings. The fraction of sp³-hybridized carbons (Fsp3) is 0.278. The number of carbonyl (C=O) groups is 1. The van der Waals surface area contributed by atoms with E-state index in [9.17, 15) is 13.2 Å². The van der Waals surface area contributed by atoms with Crippen molar-refractivity contribution in [3.8, 4) is 17.2 Å². The van der Waals surface area contributed by atoms with Crippen LogP contribution in [-0.2, 0) is 14.8 Å². The summed E-state index contributed by atoms with van der Waals surface area (Å²) in [5.74, 6) is 1.00. The number of ether oxygens (including phenoxy) is 3. The molecule has 0 saturated heterocycles. The zero-order chi connectivity index (χ0) is 20.1. The number of sulfonamides is 1. The van der Waals surface area contributed by atoms with Gasteiger partial charge < -0.3 is 19.5 Å². The molecule has 3 rings (SSSR count). The lowest BCUT2D eigenvalue weighted by Crippen LogP contribution is -2.41. The van der Waals surface area contributed by atoms with Crippen LogP contribution in [0.15, 0.2) is 42.5 Å². The number of nitrogens with one attached hydrogen (secondary N) is 1. The number of anilines is 1. The maximum Gasteiger partial charge on any atom is 0.240 e. The van der Waals surface area contributed by atoms with Crippen LogP contribution in [0.3, 0.4) is 0 Å². The van der Waals surface area contributed by atoms with E-state index in [-0.39, 0.29) is 26.5 Å². The highest BCUT2D eigenvalue weighted by molar-refractivity contribution is 7.92. The molecule has 28 heavy (non-hydrogen) atoms. The predicted molar refractivity (Wildman–Crippen MR) is 105 cm³/mol. The lowest BCUT2D eigenvalue weighted by molar-refractivity contribution is -0.119. The molecule has 0 fully saturated rings. The Morgan fingerprint density at radius 2 is 1.96 bits per heavy atom. The van der Waals surface area contributed by atoms with E-state index < -0.39 is 15.9 Å². The summed E-state index contributed by atoms with van der Waals surface area (Å²) in [6, 6.07) is 11.7. The van der Waals surface area contributed by atoms with Gasteiger partial charge in [0.15, 0.2) is 11.5 Å². The zero-order valence-electron chi connectivity index (χ0n) is 15.1. The minimum absolute atomic E-state index is 0.0730. The SMILES string of the molecule is CS(=O)(=O)N(CC(=O)NCCOc1ccccc1Cl)c1ccc2c(c1)OCO2. The van der Waals surface area contributed by atoms with Gasteiger partial charge in [0, 0.05) is 6.07 Å². The predicted octanol–water partition coefficient (Wildman–Crippen LogP) is 2.03. The molecule has 0 unspecified atom stereocenters. The van der Waals surface area contributed by atoms with E-state index >= 15 is 0 Å². The number of halogens is 1. The van der Waals surface area contributed by atoms with Gasteiger partial charge in [-0.05, 0) is 24.3 Å². The fourth-order valence-corrected chi connectivity index (χ4v) is 3.58. The highest BCUT2D eigenvalue weighted by atomic mass is 35.5. The van der Waals surface area contributed by atoms with Gasteiger partial charge in [-0.3, -0.25) is 9.10 Å². The zero-order valence-corrected chi connectivity index (χ0v) is 16.6. The number of hydrogen-bond donors (Lipinski definition) is 1. The minimum atomic E-state index is -3.68. The largest absolute Gasteiger partial charge is 0.490 e. The Kier molecular flexibility index (Phi) is 6.15. The van der Waals surface area contributed by atoms with Gasteiger partial charge in [0.05, 0.1) is 23.5 Å². The van der Waals surface area contributed by atoms with Crippen LogP contribution in [0.2, 0.25) is 5.02 Å². The molecule has 1 N–H and O–H groups in total. The Morgan fingerprint density at radius 1 is 1.21 bits per heavy atom. The number of hydrogen-bond acceptors (Lipinski definition) is 6. The van der Waals surface area contributed by atoms with Crippen molar-refractivity contribution in [1.82, 2.24) is 5.32 Å². The van der Waals surface area contributed by atoms with Crippen molar-refractivity contribution < 1.29 is 27.4 Å². The monoisotopic (exact) mass is 426 g/mol. The van der Waals surface area contributed by atoms with Gasteiger partial charge in [0.1, 0.15) is 18.9 Å². The molecule has 150 valence electrons. The molecule has 0 aromatic heterocycles. The van der Waals surface area contributed by atoms with E-state index in [0.29, 0.717) is 28.0 Å². The second-order valence-electron chi connectivity index (χ2n) is 5.94. The first-order chi connectivity index (χ1) is 13.3. The number of nitrogens with zero attached hydrogens (tertiary/aromatic N) is 1. The molecule has 2 aromatic carbocycles. The third-order valence-electron chi connectivity index (χ3n) is 3.85. The van der Waals surface area contributed by atoms with Gasteiger partial charge in [-0.25, -0.2) is 8.42 Å². The van der Waals surface area contributed by atoms with Crippen molar-refractivity contribution in [2.75, 3.05) is 37.1 Å². The van der Waals surface area contributed by atoms with Crippen LogP contribution in [-0.4, -0.2) is 47.1 Å². The number of fused-ring (bicyclic) bond motifs is 1. The first kappa shape index (κ1) is 20.1. The molecule has 1 aliphatic heterocycles. The topological polar surface area (TPSA) is 94.2 Å². The van der Waals surface area contributed by atoms with E-state index in [2.05, 4.69) is 5.32 Å². The average Bonchev–Trinajstić information content (AvgIpc) is 3.11. The molecule has 0 saturated carbocycles. The maximum atomic E-state index is 12.2. The first-order valence-corrected chi connectivity index (χ1v) is 10.6. The lowest BCUT2D eigenvalue weighted by Gasteiger charge is -2.22. The Hall–Kier alpha value is -2.65. The summed E-state index contributed by atoms with van der Waals surface area (Å²) in [5.41, 5.74) is 0.314. The van der Waals surface area contributed by atoms with Crippen molar-refractivity contribution in [2.24, 2.45) is 0 Å². The van der Waals surface area contributed by atoms with Crippen molar-refractivity contribution in [2.45, 2.75) is 0 Å². The Bertz CT molecular complexity index is 966. The number of carbonyl (C=O) groups excluding carboxylic acids is 1. The second kappa shape index (κ2) is 8.57. The summed E-state index contributed by atoms with van der Waals surface area (Å²) in [6.45, 7) is 0.0926. The summed E-state index contributed by atoms with van der Waals surface area (Å²) in [4.78, 5) is 12.2. The highest BCUT2D eigenvalue weighted by Gasteiger charge is 2.23. The molecule has 1 aliphatic rings. The van der Waals surface area contributed by atoms with E-state index in [0.717, 1.165) is 10.6 Å². The number of amides is 1. The standard InChI is InChI=1S/C18H19ClN2O6S/c1-28(23,24)21(13-6-7-16-17(10-13)27-12-26-16)11-18(22)20-8-9-25-15-5-3-2-4-14(15)19/h2-7,10H,8-9,11-12H2,1H3,(H,20,22). The molecular formula is C18H19ClN2O6S. The van der Waals surface area contributed by atoms with Crippen LogP contribution in [0.25, 0.3) is 0 Å². The smallest absolute Gasteiger partial charge is 0.240 e. The van der Waals surface area contributed by atoms with E-state index in [1.54, 1.807) is 36.4 Å². The third kappa shape index (κ3) is 4.99. The van der Waals surface area contributed by atoms with Gasteiger partial charge in [-0.1, -0.05) is 23.7 Å². The molecule has 8 nitrogen and oxygen atoms in total. The van der Waals surface area contributed by atoms with Crippen LogP contribution in [0.4, 0.5) is 5.69 Å². The molecule has 0 atom stereocenters. The first-order valence-electron chi connectivity index (χ1n) is 8.36. The van der Waals surface area contributed by atoms with Crippen molar-refractivity contribution in [3.63, 3.8) is 0 Å². The van der Waals surface area contributed by atoms with Gasteiger partial charge in [-0.15, -0.1) is 0 Å². The van der Waals surface area contributed by atoms with E-state index in [1.165, 1.54) is 6.07 Å². The van der Waals surface area contributed by atoms with Crippen molar-refractivity contribution >= 4 is 33.2 Å². The minimum Gasteiger partial charge on any atom is -0.490 e. The molecule has 1 amide bonds. The van der Waals surface area contributed by atoms with E-state index in [1.807, 2.05) is 0 Å². The number of rotatable bonds is 8. The highest BCUT2D eigenvalue weighted by Crippen LogP contribution is 2.36. The van der Waals surface area contributed by atoms with Crippen molar-refractivity contribution in [1.29, 1.82) is 0 Å². The number of para-hydroxylation sites is 1. The van der Waals surface area contributed by atoms with Gasteiger partial charge in [-0.2, -0.15) is 0 Å². The van der Waals surface area contributed by atoms with Gasteiger partial charge >= 0.3 is 0 Å². The van der Waals surface area contributed by atoms with Crippen LogP contribution in [0, 0.1) is 0 Å². The Labute approximate surface area is 168 Å².